The van der Waals surface area contributed by atoms with Gasteiger partial charge in [-0.05, 0) is 43.5 Å². The summed E-state index contributed by atoms with van der Waals surface area (Å²) in [5.41, 5.74) is 0. The molecule has 0 fully saturated rings. The van der Waals surface area contributed by atoms with E-state index in [9.17, 15) is 4.79 Å². The second kappa shape index (κ2) is 15.1. The van der Waals surface area contributed by atoms with Gasteiger partial charge in [-0.3, -0.25) is 4.79 Å². The summed E-state index contributed by atoms with van der Waals surface area (Å²) in [6.45, 7) is 0. The number of unbranched alkanes of at least 4 members (excludes halogenated alkanes) is 10. The summed E-state index contributed by atoms with van der Waals surface area (Å²) < 4.78 is 0. The lowest BCUT2D eigenvalue weighted by Crippen LogP contribution is -2.08. The van der Waals surface area contributed by atoms with Crippen LogP contribution in [-0.2, 0) is 15.7 Å². The van der Waals surface area contributed by atoms with Crippen LogP contribution >= 0.6 is 0 Å². The SMILES string of the molecule is O=C(O)CCCCCCCCCCCCC[S+](c1ccccc1)c1ccccc1. The first kappa shape index (κ1) is 23.5. The third-order valence-corrected chi connectivity index (χ3v) is 7.67. The molecule has 0 saturated carbocycles. The van der Waals surface area contributed by atoms with E-state index in [0.717, 1.165) is 12.8 Å². The zero-order chi connectivity index (χ0) is 20.6. The third-order valence-electron chi connectivity index (χ3n) is 5.29. The van der Waals surface area contributed by atoms with Gasteiger partial charge in [0, 0.05) is 6.42 Å². The van der Waals surface area contributed by atoms with E-state index in [2.05, 4.69) is 60.7 Å². The summed E-state index contributed by atoms with van der Waals surface area (Å²) in [6.07, 6.45) is 14.0. The molecule has 2 aromatic rings. The van der Waals surface area contributed by atoms with Crippen LogP contribution in [0.1, 0.15) is 77.0 Å². The van der Waals surface area contributed by atoms with E-state index in [1.54, 1.807) is 0 Å². The molecular formula is C26H37O2S+. The summed E-state index contributed by atoms with van der Waals surface area (Å²) in [4.78, 5) is 13.4. The highest BCUT2D eigenvalue weighted by molar-refractivity contribution is 7.97. The second-order valence-electron chi connectivity index (χ2n) is 7.75. The average molecular weight is 414 g/mol. The molecule has 158 valence electrons. The molecule has 2 nitrogen and oxygen atoms in total. The van der Waals surface area contributed by atoms with E-state index in [0.29, 0.717) is 6.42 Å². The molecule has 3 heteroatoms. The molecule has 0 bridgehead atoms. The number of benzene rings is 2. The smallest absolute Gasteiger partial charge is 0.303 e. The lowest BCUT2D eigenvalue weighted by molar-refractivity contribution is -0.137. The fourth-order valence-corrected chi connectivity index (χ4v) is 5.86. The number of hydrogen-bond donors (Lipinski definition) is 1. The van der Waals surface area contributed by atoms with Crippen LogP contribution in [0.2, 0.25) is 0 Å². The number of carbonyl (C=O) groups is 1. The van der Waals surface area contributed by atoms with Crippen LogP contribution in [0.5, 0.6) is 0 Å². The highest BCUT2D eigenvalue weighted by atomic mass is 32.2. The zero-order valence-electron chi connectivity index (χ0n) is 17.7. The van der Waals surface area contributed by atoms with E-state index >= 15 is 0 Å². The monoisotopic (exact) mass is 413 g/mol. The standard InChI is InChI=1S/C26H36O2S/c27-26(28)22-16-8-6-4-2-1-3-5-7-9-17-23-29(24-18-12-10-13-19-24)25-20-14-11-15-21-25/h10-15,18-21H,1-9,16-17,22-23H2/p+1. The number of rotatable bonds is 16. The molecular weight excluding hydrogens is 376 g/mol. The van der Waals surface area contributed by atoms with E-state index in [-0.39, 0.29) is 10.9 Å². The normalized spacial score (nSPS) is 11.1. The molecule has 0 aliphatic carbocycles. The molecule has 0 saturated heterocycles. The van der Waals surface area contributed by atoms with Crippen molar-refractivity contribution in [2.24, 2.45) is 0 Å². The largest absolute Gasteiger partial charge is 0.481 e. The number of hydrogen-bond acceptors (Lipinski definition) is 1. The second-order valence-corrected chi connectivity index (χ2v) is 9.89. The predicted molar refractivity (Wildman–Crippen MR) is 125 cm³/mol. The molecule has 0 aliphatic rings. The molecule has 2 rings (SSSR count). The summed E-state index contributed by atoms with van der Waals surface area (Å²) >= 11 is 0. The molecule has 0 aromatic heterocycles. The Morgan fingerprint density at radius 1 is 0.586 bits per heavy atom. The Hall–Kier alpha value is -1.74. The van der Waals surface area contributed by atoms with E-state index in [4.69, 9.17) is 5.11 Å². The first-order valence-electron chi connectivity index (χ1n) is 11.3. The van der Waals surface area contributed by atoms with Crippen molar-refractivity contribution >= 4 is 16.9 Å². The van der Waals surface area contributed by atoms with Gasteiger partial charge in [-0.25, -0.2) is 0 Å². The predicted octanol–water partition coefficient (Wildman–Crippen LogP) is 7.49. The summed E-state index contributed by atoms with van der Waals surface area (Å²) in [5.74, 6) is 0.592. The Labute approximate surface area is 180 Å². The lowest BCUT2D eigenvalue weighted by Gasteiger charge is -2.08. The maximum absolute atomic E-state index is 10.5. The Morgan fingerprint density at radius 2 is 0.966 bits per heavy atom. The van der Waals surface area contributed by atoms with Gasteiger partial charge >= 0.3 is 5.97 Å². The average Bonchev–Trinajstić information content (AvgIpc) is 2.75. The van der Waals surface area contributed by atoms with Crippen LogP contribution in [0.3, 0.4) is 0 Å². The van der Waals surface area contributed by atoms with Crippen molar-refractivity contribution in [2.45, 2.75) is 86.8 Å². The van der Waals surface area contributed by atoms with E-state index in [1.807, 2.05) is 0 Å². The zero-order valence-corrected chi connectivity index (χ0v) is 18.5. The number of carboxylic acids is 1. The maximum atomic E-state index is 10.5. The van der Waals surface area contributed by atoms with E-state index < -0.39 is 5.97 Å². The van der Waals surface area contributed by atoms with Gasteiger partial charge in [-0.2, -0.15) is 0 Å². The molecule has 0 unspecified atom stereocenters. The van der Waals surface area contributed by atoms with Crippen LogP contribution in [0, 0.1) is 0 Å². The molecule has 0 heterocycles. The Kier molecular flexibility index (Phi) is 12.3. The minimum Gasteiger partial charge on any atom is -0.481 e. The van der Waals surface area contributed by atoms with Crippen molar-refractivity contribution in [3.05, 3.63) is 60.7 Å². The van der Waals surface area contributed by atoms with Gasteiger partial charge in [0.05, 0.1) is 10.9 Å². The molecule has 0 atom stereocenters. The molecule has 1 N–H and O–H groups in total. The van der Waals surface area contributed by atoms with Crippen LogP contribution < -0.4 is 0 Å². The molecule has 0 aliphatic heterocycles. The first-order valence-corrected chi connectivity index (χ1v) is 12.7. The highest BCUT2D eigenvalue weighted by Crippen LogP contribution is 2.25. The van der Waals surface area contributed by atoms with Crippen molar-refractivity contribution < 1.29 is 9.90 Å². The number of aliphatic carboxylic acids is 1. The minimum atomic E-state index is -0.663. The van der Waals surface area contributed by atoms with Crippen LogP contribution in [0.25, 0.3) is 0 Å². The minimum absolute atomic E-state index is 0.194. The van der Waals surface area contributed by atoms with Crippen LogP contribution in [-0.4, -0.2) is 16.8 Å². The fourth-order valence-electron chi connectivity index (χ4n) is 3.65. The molecule has 0 spiro atoms. The van der Waals surface area contributed by atoms with Crippen molar-refractivity contribution in [1.29, 1.82) is 0 Å². The van der Waals surface area contributed by atoms with Gasteiger partial charge in [0.25, 0.3) is 0 Å². The Morgan fingerprint density at radius 3 is 1.38 bits per heavy atom. The topological polar surface area (TPSA) is 37.3 Å². The van der Waals surface area contributed by atoms with Gasteiger partial charge in [0.15, 0.2) is 9.79 Å². The van der Waals surface area contributed by atoms with Gasteiger partial charge < -0.3 is 5.11 Å². The van der Waals surface area contributed by atoms with Gasteiger partial charge in [0.1, 0.15) is 5.75 Å². The van der Waals surface area contributed by atoms with Crippen LogP contribution in [0.15, 0.2) is 70.5 Å². The quantitative estimate of drug-likeness (QED) is 0.229. The van der Waals surface area contributed by atoms with Gasteiger partial charge in [-0.1, -0.05) is 87.8 Å². The molecule has 0 radical (unpaired) electrons. The summed E-state index contributed by atoms with van der Waals surface area (Å²) in [5, 5.41) is 8.62. The van der Waals surface area contributed by atoms with Crippen molar-refractivity contribution in [3.63, 3.8) is 0 Å². The lowest BCUT2D eigenvalue weighted by atomic mass is 10.1. The van der Waals surface area contributed by atoms with Crippen molar-refractivity contribution in [1.82, 2.24) is 0 Å². The molecule has 29 heavy (non-hydrogen) atoms. The first-order chi connectivity index (χ1) is 14.3. The Balaban J connectivity index is 1.54. The summed E-state index contributed by atoms with van der Waals surface area (Å²) in [7, 11) is 0.194. The maximum Gasteiger partial charge on any atom is 0.303 e. The molecule has 2 aromatic carbocycles. The number of carboxylic acid groups (broad SMARTS) is 1. The van der Waals surface area contributed by atoms with Crippen molar-refractivity contribution in [3.8, 4) is 0 Å². The van der Waals surface area contributed by atoms with Crippen LogP contribution in [0.4, 0.5) is 0 Å². The third kappa shape index (κ3) is 10.6. The van der Waals surface area contributed by atoms with Crippen molar-refractivity contribution in [2.75, 3.05) is 5.75 Å². The highest BCUT2D eigenvalue weighted by Gasteiger charge is 2.23. The molecule has 0 amide bonds. The Bertz CT molecular complexity index is 617. The fraction of sp³-hybridized carbons (Fsp3) is 0.500. The van der Waals surface area contributed by atoms with Gasteiger partial charge in [0.2, 0.25) is 0 Å². The van der Waals surface area contributed by atoms with E-state index in [1.165, 1.54) is 73.3 Å². The van der Waals surface area contributed by atoms with Gasteiger partial charge in [-0.15, -0.1) is 0 Å². The summed E-state index contributed by atoms with van der Waals surface area (Å²) in [6, 6.07) is 21.9.